The fraction of sp³-hybridized carbons (Fsp3) is 0.538. The van der Waals surface area contributed by atoms with Gasteiger partial charge in [0.05, 0.1) is 5.56 Å². The summed E-state index contributed by atoms with van der Waals surface area (Å²) in [6.07, 6.45) is -1.86. The highest BCUT2D eigenvalue weighted by Crippen LogP contribution is 2.34. The molecule has 0 saturated heterocycles. The number of anilines is 1. The maximum atomic E-state index is 12.6. The van der Waals surface area contributed by atoms with Crippen molar-refractivity contribution in [2.24, 2.45) is 0 Å². The first kappa shape index (κ1) is 13.2. The summed E-state index contributed by atoms with van der Waals surface area (Å²) in [5.74, 6) is 0. The molecule has 0 aliphatic carbocycles. The molecular formula is C13H16F3NO. The fourth-order valence-electron chi connectivity index (χ4n) is 2.22. The predicted molar refractivity (Wildman–Crippen MR) is 63.7 cm³/mol. The van der Waals surface area contributed by atoms with Crippen LogP contribution in [0.3, 0.4) is 0 Å². The van der Waals surface area contributed by atoms with E-state index in [0.29, 0.717) is 13.0 Å². The van der Waals surface area contributed by atoms with Crippen LogP contribution in [0, 0.1) is 0 Å². The van der Waals surface area contributed by atoms with Crippen LogP contribution in [0.2, 0.25) is 0 Å². The van der Waals surface area contributed by atoms with Gasteiger partial charge in [-0.25, -0.2) is 0 Å². The van der Waals surface area contributed by atoms with Gasteiger partial charge in [-0.3, -0.25) is 0 Å². The number of alkyl halides is 3. The lowest BCUT2D eigenvalue weighted by atomic mass is 9.95. The van der Waals surface area contributed by atoms with E-state index in [1.54, 1.807) is 7.11 Å². The molecule has 0 spiro atoms. The molecule has 1 N–H and O–H groups in total. The summed E-state index contributed by atoms with van der Waals surface area (Å²) >= 11 is 0. The number of ether oxygens (including phenoxy) is 1. The monoisotopic (exact) mass is 259 g/mol. The van der Waals surface area contributed by atoms with Crippen molar-refractivity contribution in [1.29, 1.82) is 0 Å². The van der Waals surface area contributed by atoms with E-state index >= 15 is 0 Å². The summed E-state index contributed by atoms with van der Waals surface area (Å²) in [5, 5.41) is 3.26. The zero-order valence-corrected chi connectivity index (χ0v) is 10.2. The molecule has 2 nitrogen and oxygen atoms in total. The van der Waals surface area contributed by atoms with E-state index in [-0.39, 0.29) is 6.04 Å². The van der Waals surface area contributed by atoms with Crippen molar-refractivity contribution in [3.8, 4) is 0 Å². The molecule has 1 unspecified atom stereocenters. The molecular weight excluding hydrogens is 243 g/mol. The van der Waals surface area contributed by atoms with E-state index < -0.39 is 11.7 Å². The first-order chi connectivity index (χ1) is 8.50. The first-order valence-electron chi connectivity index (χ1n) is 5.96. The van der Waals surface area contributed by atoms with E-state index in [0.717, 1.165) is 30.2 Å². The second-order valence-corrected chi connectivity index (χ2v) is 4.53. The second-order valence-electron chi connectivity index (χ2n) is 4.53. The van der Waals surface area contributed by atoms with Gasteiger partial charge in [-0.15, -0.1) is 0 Å². The lowest BCUT2D eigenvalue weighted by Crippen LogP contribution is -2.27. The summed E-state index contributed by atoms with van der Waals surface area (Å²) < 4.78 is 42.7. The number of hydrogen-bond acceptors (Lipinski definition) is 2. The molecule has 1 aromatic rings. The maximum Gasteiger partial charge on any atom is 0.416 e. The summed E-state index contributed by atoms with van der Waals surface area (Å²) in [7, 11) is 1.65. The molecule has 0 fully saturated rings. The Bertz CT molecular complexity index is 417. The van der Waals surface area contributed by atoms with Gasteiger partial charge in [-0.1, -0.05) is 0 Å². The third-order valence-corrected chi connectivity index (χ3v) is 3.22. The Labute approximate surface area is 104 Å². The average Bonchev–Trinajstić information content (AvgIpc) is 2.34. The van der Waals surface area contributed by atoms with Crippen LogP contribution in [0.15, 0.2) is 18.2 Å². The van der Waals surface area contributed by atoms with Crippen molar-refractivity contribution in [2.45, 2.75) is 31.5 Å². The largest absolute Gasteiger partial charge is 0.416 e. The maximum absolute atomic E-state index is 12.6. The van der Waals surface area contributed by atoms with E-state index in [2.05, 4.69) is 5.32 Å². The molecule has 1 heterocycles. The van der Waals surface area contributed by atoms with Crippen molar-refractivity contribution < 1.29 is 17.9 Å². The normalized spacial score (nSPS) is 19.2. The number of benzene rings is 1. The average molecular weight is 259 g/mol. The Kier molecular flexibility index (Phi) is 3.80. The molecule has 1 aromatic carbocycles. The molecule has 1 aliphatic rings. The van der Waals surface area contributed by atoms with Gasteiger partial charge in [0.1, 0.15) is 0 Å². The van der Waals surface area contributed by atoms with Gasteiger partial charge in [-0.05, 0) is 43.0 Å². The molecule has 1 atom stereocenters. The Morgan fingerprint density at radius 2 is 2.17 bits per heavy atom. The van der Waals surface area contributed by atoms with Crippen LogP contribution in [0.25, 0.3) is 0 Å². The van der Waals surface area contributed by atoms with E-state index in [9.17, 15) is 13.2 Å². The second kappa shape index (κ2) is 5.18. The van der Waals surface area contributed by atoms with E-state index in [1.807, 2.05) is 0 Å². The van der Waals surface area contributed by atoms with Gasteiger partial charge in [0.15, 0.2) is 0 Å². The van der Waals surface area contributed by atoms with Gasteiger partial charge < -0.3 is 10.1 Å². The van der Waals surface area contributed by atoms with E-state index in [4.69, 9.17) is 4.74 Å². The number of nitrogens with one attached hydrogen (secondary N) is 1. The molecule has 18 heavy (non-hydrogen) atoms. The number of aryl methyl sites for hydroxylation is 1. The fourth-order valence-corrected chi connectivity index (χ4v) is 2.22. The number of rotatable bonds is 3. The molecule has 0 bridgehead atoms. The van der Waals surface area contributed by atoms with Crippen LogP contribution < -0.4 is 5.32 Å². The molecule has 0 radical (unpaired) electrons. The summed E-state index contributed by atoms with van der Waals surface area (Å²) in [6, 6.07) is 4.19. The highest BCUT2D eigenvalue weighted by atomic mass is 19.4. The van der Waals surface area contributed by atoms with Crippen molar-refractivity contribution in [2.75, 3.05) is 19.0 Å². The SMILES string of the molecule is COCCC1CCc2cc(C(F)(F)F)ccc2N1. The van der Waals surface area contributed by atoms with Gasteiger partial charge in [0.25, 0.3) is 0 Å². The van der Waals surface area contributed by atoms with Gasteiger partial charge in [-0.2, -0.15) is 13.2 Å². The van der Waals surface area contributed by atoms with Crippen molar-refractivity contribution >= 4 is 5.69 Å². The highest BCUT2D eigenvalue weighted by Gasteiger charge is 2.31. The topological polar surface area (TPSA) is 21.3 Å². The number of methoxy groups -OCH3 is 1. The Hall–Kier alpha value is -1.23. The minimum absolute atomic E-state index is 0.286. The zero-order valence-electron chi connectivity index (χ0n) is 10.2. The number of hydrogen-bond donors (Lipinski definition) is 1. The van der Waals surface area contributed by atoms with Crippen molar-refractivity contribution in [1.82, 2.24) is 0 Å². The standard InChI is InChI=1S/C13H16F3NO/c1-18-7-6-11-4-2-9-8-10(13(14,15)16)3-5-12(9)17-11/h3,5,8,11,17H,2,4,6-7H2,1H3. The minimum Gasteiger partial charge on any atom is -0.385 e. The quantitative estimate of drug-likeness (QED) is 0.897. The predicted octanol–water partition coefficient (Wildman–Crippen LogP) is 3.47. The van der Waals surface area contributed by atoms with Crippen molar-refractivity contribution in [3.05, 3.63) is 29.3 Å². The summed E-state index contributed by atoms with van der Waals surface area (Å²) in [4.78, 5) is 0. The smallest absolute Gasteiger partial charge is 0.385 e. The van der Waals surface area contributed by atoms with Gasteiger partial charge >= 0.3 is 6.18 Å². The third kappa shape index (κ3) is 2.96. The lowest BCUT2D eigenvalue weighted by Gasteiger charge is -2.27. The minimum atomic E-state index is -4.26. The van der Waals surface area contributed by atoms with E-state index in [1.165, 1.54) is 12.1 Å². The van der Waals surface area contributed by atoms with Gasteiger partial charge in [0, 0.05) is 25.4 Å². The van der Waals surface area contributed by atoms with Crippen LogP contribution >= 0.6 is 0 Å². The van der Waals surface area contributed by atoms with Crippen LogP contribution in [-0.2, 0) is 17.3 Å². The molecule has 0 aromatic heterocycles. The third-order valence-electron chi connectivity index (χ3n) is 3.22. The number of halogens is 3. The number of fused-ring (bicyclic) bond motifs is 1. The van der Waals surface area contributed by atoms with Crippen LogP contribution in [0.4, 0.5) is 18.9 Å². The van der Waals surface area contributed by atoms with Crippen LogP contribution in [0.1, 0.15) is 24.0 Å². The molecule has 1 aliphatic heterocycles. The molecule has 2 rings (SSSR count). The Morgan fingerprint density at radius 3 is 2.83 bits per heavy atom. The van der Waals surface area contributed by atoms with Crippen molar-refractivity contribution in [3.63, 3.8) is 0 Å². The van der Waals surface area contributed by atoms with Gasteiger partial charge in [0.2, 0.25) is 0 Å². The van der Waals surface area contributed by atoms with Crippen LogP contribution in [0.5, 0.6) is 0 Å². The summed E-state index contributed by atoms with van der Waals surface area (Å²) in [6.45, 7) is 0.660. The Morgan fingerprint density at radius 1 is 1.39 bits per heavy atom. The summed E-state index contributed by atoms with van der Waals surface area (Å²) in [5.41, 5.74) is 0.993. The molecule has 0 amide bonds. The zero-order chi connectivity index (χ0) is 13.2. The highest BCUT2D eigenvalue weighted by molar-refractivity contribution is 5.55. The lowest BCUT2D eigenvalue weighted by molar-refractivity contribution is -0.137. The van der Waals surface area contributed by atoms with Crippen LogP contribution in [-0.4, -0.2) is 19.8 Å². The molecule has 5 heteroatoms. The first-order valence-corrected chi connectivity index (χ1v) is 5.96. The molecule has 0 saturated carbocycles. The Balaban J connectivity index is 2.11. The molecule has 100 valence electrons.